The highest BCUT2D eigenvalue weighted by Gasteiger charge is 2.27. The fraction of sp³-hybridized carbons (Fsp3) is 0.750. The second kappa shape index (κ2) is 5.73. The van der Waals surface area contributed by atoms with Crippen molar-refractivity contribution in [3.8, 4) is 0 Å². The second-order valence-corrected chi connectivity index (χ2v) is 5.78. The molecule has 2 unspecified atom stereocenters. The molecule has 2 heterocycles. The van der Waals surface area contributed by atoms with E-state index < -0.39 is 0 Å². The number of nitrogens with zero attached hydrogens (tertiary/aromatic N) is 2. The molecule has 3 nitrogen and oxygen atoms in total. The zero-order valence-electron chi connectivity index (χ0n) is 10.1. The average Bonchev–Trinajstić information content (AvgIpc) is 2.91. The Morgan fingerprint density at radius 1 is 1.69 bits per heavy atom. The molecule has 1 N–H and O–H groups in total. The SMILES string of the molecule is CCCNC(c1cnn(C)c1)C1CCCS1. The Balaban J connectivity index is 2.06. The number of rotatable bonds is 5. The quantitative estimate of drug-likeness (QED) is 0.855. The zero-order valence-corrected chi connectivity index (χ0v) is 11.0. The Kier molecular flexibility index (Phi) is 4.29. The number of thioether (sulfide) groups is 1. The first-order valence-electron chi connectivity index (χ1n) is 6.14. The van der Waals surface area contributed by atoms with Gasteiger partial charge >= 0.3 is 0 Å². The van der Waals surface area contributed by atoms with Crippen molar-refractivity contribution >= 4 is 11.8 Å². The predicted octanol–water partition coefficient (Wildman–Crippen LogP) is 2.36. The first-order chi connectivity index (χ1) is 7.81. The van der Waals surface area contributed by atoms with Gasteiger partial charge < -0.3 is 5.32 Å². The Labute approximate surface area is 102 Å². The van der Waals surface area contributed by atoms with E-state index >= 15 is 0 Å². The molecule has 2 rings (SSSR count). The van der Waals surface area contributed by atoms with Crippen LogP contribution in [0.5, 0.6) is 0 Å². The molecule has 0 radical (unpaired) electrons. The van der Waals surface area contributed by atoms with Gasteiger partial charge in [0.15, 0.2) is 0 Å². The van der Waals surface area contributed by atoms with Gasteiger partial charge in [-0.3, -0.25) is 4.68 Å². The smallest absolute Gasteiger partial charge is 0.0537 e. The predicted molar refractivity (Wildman–Crippen MR) is 69.7 cm³/mol. The second-order valence-electron chi connectivity index (χ2n) is 4.43. The molecule has 90 valence electrons. The molecule has 0 bridgehead atoms. The monoisotopic (exact) mass is 239 g/mol. The maximum Gasteiger partial charge on any atom is 0.0537 e. The highest BCUT2D eigenvalue weighted by atomic mass is 32.2. The number of hydrogen-bond acceptors (Lipinski definition) is 3. The Morgan fingerprint density at radius 3 is 3.12 bits per heavy atom. The molecule has 0 aliphatic carbocycles. The van der Waals surface area contributed by atoms with Crippen molar-refractivity contribution in [2.75, 3.05) is 12.3 Å². The molecule has 1 aromatic heterocycles. The van der Waals surface area contributed by atoms with Gasteiger partial charge in [0.1, 0.15) is 0 Å². The highest BCUT2D eigenvalue weighted by molar-refractivity contribution is 8.00. The van der Waals surface area contributed by atoms with Gasteiger partial charge in [-0.25, -0.2) is 0 Å². The Morgan fingerprint density at radius 2 is 2.56 bits per heavy atom. The molecule has 2 atom stereocenters. The van der Waals surface area contributed by atoms with Crippen LogP contribution in [0, 0.1) is 0 Å². The molecule has 1 saturated heterocycles. The van der Waals surface area contributed by atoms with Crippen LogP contribution in [0.15, 0.2) is 12.4 Å². The molecule has 4 heteroatoms. The lowest BCUT2D eigenvalue weighted by Gasteiger charge is -2.23. The molecule has 16 heavy (non-hydrogen) atoms. The fourth-order valence-corrected chi connectivity index (χ4v) is 3.65. The molecule has 0 saturated carbocycles. The minimum Gasteiger partial charge on any atom is -0.309 e. The topological polar surface area (TPSA) is 29.9 Å². The molecule has 1 aromatic rings. The molecule has 1 fully saturated rings. The Hall–Kier alpha value is -0.480. The molecular formula is C12H21N3S. The summed E-state index contributed by atoms with van der Waals surface area (Å²) in [5, 5.41) is 8.68. The summed E-state index contributed by atoms with van der Waals surface area (Å²) in [4.78, 5) is 0. The van der Waals surface area contributed by atoms with Gasteiger partial charge in [0.05, 0.1) is 6.20 Å². The summed E-state index contributed by atoms with van der Waals surface area (Å²) in [6, 6.07) is 0.487. The van der Waals surface area contributed by atoms with Crippen molar-refractivity contribution < 1.29 is 0 Å². The fourth-order valence-electron chi connectivity index (χ4n) is 2.23. The summed E-state index contributed by atoms with van der Waals surface area (Å²) in [6.07, 6.45) is 8.04. The van der Waals surface area contributed by atoms with Crippen LogP contribution < -0.4 is 5.32 Å². The first kappa shape index (κ1) is 12.0. The van der Waals surface area contributed by atoms with E-state index in [0.717, 1.165) is 11.8 Å². The van der Waals surface area contributed by atoms with E-state index in [0.29, 0.717) is 6.04 Å². The number of aromatic nitrogens is 2. The van der Waals surface area contributed by atoms with E-state index in [1.807, 2.05) is 17.9 Å². The minimum absolute atomic E-state index is 0.487. The summed E-state index contributed by atoms with van der Waals surface area (Å²) >= 11 is 2.11. The van der Waals surface area contributed by atoms with Gasteiger partial charge in [0.2, 0.25) is 0 Å². The third-order valence-electron chi connectivity index (χ3n) is 3.03. The van der Waals surface area contributed by atoms with Crippen molar-refractivity contribution in [2.45, 2.75) is 37.5 Å². The first-order valence-corrected chi connectivity index (χ1v) is 7.19. The highest BCUT2D eigenvalue weighted by Crippen LogP contribution is 2.35. The average molecular weight is 239 g/mol. The summed E-state index contributed by atoms with van der Waals surface area (Å²) in [6.45, 7) is 3.31. The Bertz CT molecular complexity index is 318. The molecule has 1 aliphatic heterocycles. The standard InChI is InChI=1S/C12H21N3S/c1-3-6-13-12(11-5-4-7-16-11)10-8-14-15(2)9-10/h8-9,11-13H,3-7H2,1-2H3. The van der Waals surface area contributed by atoms with E-state index in [1.54, 1.807) is 0 Å². The third-order valence-corrected chi connectivity index (χ3v) is 4.50. The van der Waals surface area contributed by atoms with E-state index in [-0.39, 0.29) is 0 Å². The van der Waals surface area contributed by atoms with Crippen LogP contribution in [0.3, 0.4) is 0 Å². The lowest BCUT2D eigenvalue weighted by molar-refractivity contribution is 0.503. The van der Waals surface area contributed by atoms with Crippen LogP contribution in [0.1, 0.15) is 37.8 Å². The van der Waals surface area contributed by atoms with Gasteiger partial charge in [0, 0.05) is 30.1 Å². The molecular weight excluding hydrogens is 218 g/mol. The van der Waals surface area contributed by atoms with Crippen molar-refractivity contribution in [3.63, 3.8) is 0 Å². The van der Waals surface area contributed by atoms with Crippen molar-refractivity contribution in [1.82, 2.24) is 15.1 Å². The van der Waals surface area contributed by atoms with E-state index in [9.17, 15) is 0 Å². The van der Waals surface area contributed by atoms with Crippen LogP contribution in [0.25, 0.3) is 0 Å². The summed E-state index contributed by atoms with van der Waals surface area (Å²) < 4.78 is 1.90. The third kappa shape index (κ3) is 2.80. The zero-order chi connectivity index (χ0) is 11.4. The van der Waals surface area contributed by atoms with Crippen LogP contribution in [-0.2, 0) is 7.05 Å². The summed E-state index contributed by atoms with van der Waals surface area (Å²) in [5.74, 6) is 1.31. The summed E-state index contributed by atoms with van der Waals surface area (Å²) in [7, 11) is 1.99. The van der Waals surface area contributed by atoms with Gasteiger partial charge in [-0.05, 0) is 31.6 Å². The minimum atomic E-state index is 0.487. The lowest BCUT2D eigenvalue weighted by atomic mass is 10.0. The lowest BCUT2D eigenvalue weighted by Crippen LogP contribution is -2.29. The molecule has 0 amide bonds. The van der Waals surface area contributed by atoms with Crippen LogP contribution in [0.4, 0.5) is 0 Å². The largest absolute Gasteiger partial charge is 0.309 e. The van der Waals surface area contributed by atoms with Crippen molar-refractivity contribution in [3.05, 3.63) is 18.0 Å². The maximum absolute atomic E-state index is 4.28. The van der Waals surface area contributed by atoms with Crippen LogP contribution >= 0.6 is 11.8 Å². The van der Waals surface area contributed by atoms with Crippen LogP contribution in [0.2, 0.25) is 0 Å². The molecule has 0 spiro atoms. The van der Waals surface area contributed by atoms with Crippen molar-refractivity contribution in [1.29, 1.82) is 0 Å². The van der Waals surface area contributed by atoms with Crippen molar-refractivity contribution in [2.24, 2.45) is 7.05 Å². The maximum atomic E-state index is 4.28. The van der Waals surface area contributed by atoms with Gasteiger partial charge in [-0.15, -0.1) is 0 Å². The van der Waals surface area contributed by atoms with E-state index in [1.165, 1.54) is 30.6 Å². The number of hydrogen-bond donors (Lipinski definition) is 1. The van der Waals surface area contributed by atoms with Gasteiger partial charge in [-0.1, -0.05) is 6.92 Å². The van der Waals surface area contributed by atoms with Crippen LogP contribution in [-0.4, -0.2) is 27.3 Å². The normalized spacial score (nSPS) is 22.5. The molecule has 0 aromatic carbocycles. The molecule has 1 aliphatic rings. The number of nitrogens with one attached hydrogen (secondary N) is 1. The van der Waals surface area contributed by atoms with E-state index in [2.05, 4.69) is 35.3 Å². The van der Waals surface area contributed by atoms with E-state index in [4.69, 9.17) is 0 Å². The summed E-state index contributed by atoms with van der Waals surface area (Å²) in [5.41, 5.74) is 1.34. The van der Waals surface area contributed by atoms with Gasteiger partial charge in [0.25, 0.3) is 0 Å². The number of aryl methyl sites for hydroxylation is 1. The van der Waals surface area contributed by atoms with Gasteiger partial charge in [-0.2, -0.15) is 16.9 Å².